The van der Waals surface area contributed by atoms with Crippen molar-refractivity contribution < 1.29 is 4.42 Å². The van der Waals surface area contributed by atoms with Gasteiger partial charge in [0.1, 0.15) is 11.5 Å². The van der Waals surface area contributed by atoms with Crippen LogP contribution in [0, 0.1) is 13.8 Å². The van der Waals surface area contributed by atoms with E-state index in [1.54, 1.807) is 0 Å². The molecule has 2 aromatic heterocycles. The topological polar surface area (TPSA) is 43.0 Å². The molecule has 0 radical (unpaired) electrons. The van der Waals surface area contributed by atoms with Crippen molar-refractivity contribution >= 4 is 0 Å². The Kier molecular flexibility index (Phi) is 3.87. The van der Waals surface area contributed by atoms with Crippen LogP contribution < -0.4 is 5.32 Å². The number of hydrogen-bond acceptors (Lipinski definition) is 3. The number of rotatable bonds is 5. The molecule has 0 bridgehead atoms. The smallest absolute Gasteiger partial charge is 0.106 e. The van der Waals surface area contributed by atoms with Crippen molar-refractivity contribution in [1.82, 2.24) is 15.1 Å². The van der Waals surface area contributed by atoms with Crippen LogP contribution in [0.5, 0.6) is 0 Å². The molecule has 0 spiro atoms. The Balaban J connectivity index is 2.42. The van der Waals surface area contributed by atoms with Crippen LogP contribution in [0.1, 0.15) is 42.7 Å². The average molecular weight is 247 g/mol. The maximum absolute atomic E-state index is 5.64. The summed E-state index contributed by atoms with van der Waals surface area (Å²) >= 11 is 0. The monoisotopic (exact) mass is 247 g/mol. The summed E-state index contributed by atoms with van der Waals surface area (Å²) < 4.78 is 7.67. The van der Waals surface area contributed by atoms with Gasteiger partial charge in [-0.05, 0) is 39.4 Å². The highest BCUT2D eigenvalue weighted by molar-refractivity contribution is 5.31. The lowest BCUT2D eigenvalue weighted by atomic mass is 10.0. The first kappa shape index (κ1) is 12.9. The number of hydrogen-bond donors (Lipinski definition) is 1. The van der Waals surface area contributed by atoms with Crippen LogP contribution in [0.25, 0.3) is 0 Å². The molecule has 18 heavy (non-hydrogen) atoms. The summed E-state index contributed by atoms with van der Waals surface area (Å²) in [4.78, 5) is 0. The summed E-state index contributed by atoms with van der Waals surface area (Å²) in [6.07, 6.45) is 1.85. The highest BCUT2D eigenvalue weighted by Gasteiger charge is 2.21. The molecule has 4 heteroatoms. The maximum Gasteiger partial charge on any atom is 0.106 e. The Morgan fingerprint density at radius 3 is 2.72 bits per heavy atom. The van der Waals surface area contributed by atoms with Crippen molar-refractivity contribution in [1.29, 1.82) is 0 Å². The standard InChI is InChI=1S/C14H21N3O/c1-5-15-14(12-9-10(3)18-11(12)4)13-7-8-16-17(13)6-2/h7-9,14-15H,5-6H2,1-4H3. The normalized spacial score (nSPS) is 12.9. The zero-order valence-electron chi connectivity index (χ0n) is 11.5. The minimum Gasteiger partial charge on any atom is -0.466 e. The number of aryl methyl sites for hydroxylation is 3. The van der Waals surface area contributed by atoms with Gasteiger partial charge in [0.25, 0.3) is 0 Å². The number of nitrogens with one attached hydrogen (secondary N) is 1. The first-order valence-corrected chi connectivity index (χ1v) is 6.49. The Hall–Kier alpha value is -1.55. The van der Waals surface area contributed by atoms with E-state index in [0.29, 0.717) is 0 Å². The average Bonchev–Trinajstić information content (AvgIpc) is 2.92. The third-order valence-electron chi connectivity index (χ3n) is 3.14. The first-order chi connectivity index (χ1) is 8.67. The molecule has 0 aliphatic carbocycles. The van der Waals surface area contributed by atoms with Crippen molar-refractivity contribution in [3.63, 3.8) is 0 Å². The second-order valence-electron chi connectivity index (χ2n) is 4.43. The molecule has 0 fully saturated rings. The summed E-state index contributed by atoms with van der Waals surface area (Å²) in [6.45, 7) is 9.99. The lowest BCUT2D eigenvalue weighted by Gasteiger charge is -2.18. The SMILES string of the molecule is CCNC(c1cc(C)oc1C)c1ccnn1CC. The molecule has 0 aliphatic heterocycles. The summed E-state index contributed by atoms with van der Waals surface area (Å²) in [6, 6.07) is 4.32. The van der Waals surface area contributed by atoms with Crippen LogP contribution in [-0.2, 0) is 6.54 Å². The molecule has 0 aromatic carbocycles. The second kappa shape index (κ2) is 5.40. The van der Waals surface area contributed by atoms with E-state index in [1.165, 1.54) is 11.3 Å². The van der Waals surface area contributed by atoms with Gasteiger partial charge < -0.3 is 9.73 Å². The Bertz CT molecular complexity index is 513. The molecule has 2 aromatic rings. The van der Waals surface area contributed by atoms with Gasteiger partial charge in [0.2, 0.25) is 0 Å². The van der Waals surface area contributed by atoms with E-state index in [9.17, 15) is 0 Å². The molecule has 1 unspecified atom stereocenters. The van der Waals surface area contributed by atoms with E-state index < -0.39 is 0 Å². The zero-order chi connectivity index (χ0) is 13.1. The fourth-order valence-corrected chi connectivity index (χ4v) is 2.37. The summed E-state index contributed by atoms with van der Waals surface area (Å²) in [5.74, 6) is 1.93. The van der Waals surface area contributed by atoms with Gasteiger partial charge in [-0.3, -0.25) is 4.68 Å². The quantitative estimate of drug-likeness (QED) is 0.883. The lowest BCUT2D eigenvalue weighted by molar-refractivity contribution is 0.488. The molecule has 0 saturated heterocycles. The molecule has 2 rings (SSSR count). The molecule has 98 valence electrons. The molecule has 1 N–H and O–H groups in total. The minimum absolute atomic E-state index is 0.148. The largest absolute Gasteiger partial charge is 0.466 e. The van der Waals surface area contributed by atoms with Gasteiger partial charge in [0.15, 0.2) is 0 Å². The van der Waals surface area contributed by atoms with Crippen LogP contribution in [0.4, 0.5) is 0 Å². The van der Waals surface area contributed by atoms with Crippen LogP contribution >= 0.6 is 0 Å². The summed E-state index contributed by atoms with van der Waals surface area (Å²) in [7, 11) is 0. The van der Waals surface area contributed by atoms with Crippen LogP contribution in [0.15, 0.2) is 22.7 Å². The molecule has 1 atom stereocenters. The van der Waals surface area contributed by atoms with Crippen molar-refractivity contribution in [2.45, 2.75) is 40.3 Å². The van der Waals surface area contributed by atoms with E-state index in [1.807, 2.05) is 24.7 Å². The Morgan fingerprint density at radius 1 is 1.39 bits per heavy atom. The maximum atomic E-state index is 5.64. The molecule has 4 nitrogen and oxygen atoms in total. The van der Waals surface area contributed by atoms with Crippen molar-refractivity contribution in [3.8, 4) is 0 Å². The van der Waals surface area contributed by atoms with Gasteiger partial charge >= 0.3 is 0 Å². The molecule has 2 heterocycles. The fraction of sp³-hybridized carbons (Fsp3) is 0.500. The zero-order valence-corrected chi connectivity index (χ0v) is 11.5. The Labute approximate surface area is 108 Å². The fourth-order valence-electron chi connectivity index (χ4n) is 2.37. The van der Waals surface area contributed by atoms with E-state index in [2.05, 4.69) is 36.4 Å². The van der Waals surface area contributed by atoms with Gasteiger partial charge in [0, 0.05) is 18.3 Å². The predicted molar refractivity (Wildman–Crippen MR) is 71.6 cm³/mol. The number of furan rings is 1. The van der Waals surface area contributed by atoms with Crippen LogP contribution in [0.2, 0.25) is 0 Å². The second-order valence-corrected chi connectivity index (χ2v) is 4.43. The molecule has 0 amide bonds. The highest BCUT2D eigenvalue weighted by atomic mass is 16.3. The first-order valence-electron chi connectivity index (χ1n) is 6.49. The van der Waals surface area contributed by atoms with Crippen molar-refractivity contribution in [2.75, 3.05) is 6.54 Å². The van der Waals surface area contributed by atoms with Crippen molar-refractivity contribution in [2.24, 2.45) is 0 Å². The van der Waals surface area contributed by atoms with Gasteiger partial charge in [-0.25, -0.2) is 0 Å². The molecule has 0 saturated carbocycles. The van der Waals surface area contributed by atoms with Crippen LogP contribution in [0.3, 0.4) is 0 Å². The lowest BCUT2D eigenvalue weighted by Crippen LogP contribution is -2.25. The summed E-state index contributed by atoms with van der Waals surface area (Å²) in [5, 5.41) is 7.86. The third-order valence-corrected chi connectivity index (χ3v) is 3.14. The molecular weight excluding hydrogens is 226 g/mol. The van der Waals surface area contributed by atoms with Gasteiger partial charge in [-0.1, -0.05) is 6.92 Å². The van der Waals surface area contributed by atoms with E-state index in [4.69, 9.17) is 4.42 Å². The summed E-state index contributed by atoms with van der Waals surface area (Å²) in [5.41, 5.74) is 2.38. The Morgan fingerprint density at radius 2 is 2.17 bits per heavy atom. The van der Waals surface area contributed by atoms with Gasteiger partial charge in [-0.15, -0.1) is 0 Å². The van der Waals surface area contributed by atoms with E-state index in [-0.39, 0.29) is 6.04 Å². The van der Waals surface area contributed by atoms with E-state index >= 15 is 0 Å². The van der Waals surface area contributed by atoms with Gasteiger partial charge in [0.05, 0.1) is 11.7 Å². The minimum atomic E-state index is 0.148. The predicted octanol–water partition coefficient (Wildman–Crippen LogP) is 2.81. The van der Waals surface area contributed by atoms with Gasteiger partial charge in [-0.2, -0.15) is 5.10 Å². The van der Waals surface area contributed by atoms with E-state index in [0.717, 1.165) is 24.6 Å². The molecule has 0 aliphatic rings. The number of aromatic nitrogens is 2. The van der Waals surface area contributed by atoms with Crippen LogP contribution in [-0.4, -0.2) is 16.3 Å². The highest BCUT2D eigenvalue weighted by Crippen LogP contribution is 2.27. The third kappa shape index (κ3) is 2.34. The number of nitrogens with zero attached hydrogens (tertiary/aromatic N) is 2. The molecular formula is C14H21N3O. The van der Waals surface area contributed by atoms with Crippen molar-refractivity contribution in [3.05, 3.63) is 41.1 Å².